The molecular formula is C20H20N6O2. The number of benzene rings is 1. The number of fused-ring (bicyclic) bond motifs is 1. The summed E-state index contributed by atoms with van der Waals surface area (Å²) in [5, 5.41) is 22.9. The van der Waals surface area contributed by atoms with Gasteiger partial charge in [0.05, 0.1) is 17.5 Å². The van der Waals surface area contributed by atoms with E-state index in [2.05, 4.69) is 25.3 Å². The number of hydrogen-bond acceptors (Lipinski definition) is 6. The Labute approximate surface area is 161 Å². The summed E-state index contributed by atoms with van der Waals surface area (Å²) in [6.07, 6.45) is 7.05. The van der Waals surface area contributed by atoms with Gasteiger partial charge >= 0.3 is 0 Å². The molecule has 4 aromatic rings. The second-order valence-corrected chi connectivity index (χ2v) is 7.15. The van der Waals surface area contributed by atoms with Crippen LogP contribution in [0.15, 0.2) is 49.1 Å². The number of aliphatic hydroxyl groups excluding tert-OH is 1. The third-order valence-corrected chi connectivity index (χ3v) is 5.63. The van der Waals surface area contributed by atoms with Crippen LogP contribution >= 0.6 is 0 Å². The summed E-state index contributed by atoms with van der Waals surface area (Å²) in [6, 6.07) is 9.78. The number of rotatable bonds is 5. The van der Waals surface area contributed by atoms with E-state index in [0.717, 1.165) is 47.1 Å². The van der Waals surface area contributed by atoms with Gasteiger partial charge in [-0.1, -0.05) is 12.1 Å². The van der Waals surface area contributed by atoms with Gasteiger partial charge in [-0.3, -0.25) is 5.10 Å². The topological polar surface area (TPSA) is 102 Å². The molecule has 2 N–H and O–H groups in total. The number of hydrogen-bond donors (Lipinski definition) is 2. The van der Waals surface area contributed by atoms with E-state index in [4.69, 9.17) is 4.74 Å². The second kappa shape index (κ2) is 6.50. The van der Waals surface area contributed by atoms with Crippen LogP contribution in [0.3, 0.4) is 0 Å². The summed E-state index contributed by atoms with van der Waals surface area (Å²) in [4.78, 5) is 8.78. The lowest BCUT2D eigenvalue weighted by atomic mass is 9.74. The number of methoxy groups -OCH3 is 1. The molecule has 28 heavy (non-hydrogen) atoms. The molecule has 1 atom stereocenters. The average molecular weight is 376 g/mol. The third-order valence-electron chi connectivity index (χ3n) is 5.63. The lowest BCUT2D eigenvalue weighted by Crippen LogP contribution is -2.45. The molecule has 1 aliphatic carbocycles. The van der Waals surface area contributed by atoms with Crippen molar-refractivity contribution in [3.63, 3.8) is 0 Å². The van der Waals surface area contributed by atoms with Crippen LogP contribution in [0.5, 0.6) is 0 Å². The van der Waals surface area contributed by atoms with Crippen LogP contribution in [0.25, 0.3) is 28.1 Å². The van der Waals surface area contributed by atoms with Gasteiger partial charge in [-0.25, -0.2) is 14.6 Å². The Morgan fingerprint density at radius 3 is 2.82 bits per heavy atom. The van der Waals surface area contributed by atoms with Gasteiger partial charge in [-0.15, -0.1) is 0 Å². The van der Waals surface area contributed by atoms with Gasteiger partial charge in [0, 0.05) is 29.8 Å². The summed E-state index contributed by atoms with van der Waals surface area (Å²) < 4.78 is 7.39. The first kappa shape index (κ1) is 17.0. The molecule has 1 aromatic carbocycles. The first-order chi connectivity index (χ1) is 13.7. The molecule has 0 aliphatic heterocycles. The summed E-state index contributed by atoms with van der Waals surface area (Å²) >= 11 is 0. The zero-order valence-corrected chi connectivity index (χ0v) is 15.4. The molecule has 0 radical (unpaired) electrons. The Morgan fingerprint density at radius 2 is 2.11 bits per heavy atom. The first-order valence-corrected chi connectivity index (χ1v) is 9.23. The normalized spacial score (nSPS) is 16.8. The third kappa shape index (κ3) is 2.61. The van der Waals surface area contributed by atoms with Crippen molar-refractivity contribution in [3.05, 3.63) is 54.6 Å². The Kier molecular flexibility index (Phi) is 3.96. The fourth-order valence-corrected chi connectivity index (χ4v) is 3.82. The number of aromatic nitrogens is 6. The highest BCUT2D eigenvalue weighted by molar-refractivity contribution is 5.77. The molecule has 3 heterocycles. The number of pyridine rings is 1. The van der Waals surface area contributed by atoms with E-state index in [9.17, 15) is 5.11 Å². The Balaban J connectivity index is 1.52. The highest BCUT2D eigenvalue weighted by Crippen LogP contribution is 2.45. The molecule has 5 rings (SSSR count). The zero-order chi connectivity index (χ0) is 19.1. The monoisotopic (exact) mass is 376 g/mol. The van der Waals surface area contributed by atoms with Crippen LogP contribution in [0, 0.1) is 0 Å². The van der Waals surface area contributed by atoms with Crippen LogP contribution in [0.4, 0.5) is 0 Å². The van der Waals surface area contributed by atoms with Crippen molar-refractivity contribution in [2.45, 2.75) is 31.0 Å². The predicted molar refractivity (Wildman–Crippen MR) is 103 cm³/mol. The Bertz CT molecular complexity index is 1110. The van der Waals surface area contributed by atoms with Crippen molar-refractivity contribution in [3.8, 4) is 17.1 Å². The number of aliphatic hydroxyl groups is 1. The summed E-state index contributed by atoms with van der Waals surface area (Å²) in [7, 11) is 1.66. The van der Waals surface area contributed by atoms with Gasteiger partial charge in [0.2, 0.25) is 0 Å². The minimum atomic E-state index is -0.693. The number of ether oxygens (including phenoxy) is 1. The molecule has 1 fully saturated rings. The Hall–Kier alpha value is -3.10. The second-order valence-electron chi connectivity index (χ2n) is 7.15. The highest BCUT2D eigenvalue weighted by Gasteiger charge is 2.44. The molecule has 142 valence electrons. The summed E-state index contributed by atoms with van der Waals surface area (Å²) in [5.41, 5.74) is 2.78. The summed E-state index contributed by atoms with van der Waals surface area (Å²) in [5.74, 6) is 0.696. The minimum Gasteiger partial charge on any atom is -0.385 e. The van der Waals surface area contributed by atoms with Gasteiger partial charge in [-0.05, 0) is 37.5 Å². The highest BCUT2D eigenvalue weighted by atomic mass is 16.5. The fourth-order valence-electron chi connectivity index (χ4n) is 3.82. The standard InChI is InChI=1S/C20H20N6O2/c1-28-20(6-3-7-20)17(27)14-8-15-11-24-26(19(15)21-10-14)16-5-2-4-13(9-16)18-22-12-23-25-18/h2,4-5,8-12,17,27H,3,6-7H2,1H3,(H,22,23,25)/t17-/m0/s1. The van der Waals surface area contributed by atoms with Crippen LogP contribution in [-0.4, -0.2) is 47.8 Å². The smallest absolute Gasteiger partial charge is 0.162 e. The number of nitrogens with zero attached hydrogens (tertiary/aromatic N) is 5. The molecule has 0 bridgehead atoms. The van der Waals surface area contributed by atoms with E-state index in [1.165, 1.54) is 6.33 Å². The quantitative estimate of drug-likeness (QED) is 0.555. The van der Waals surface area contributed by atoms with Crippen molar-refractivity contribution in [2.75, 3.05) is 7.11 Å². The Morgan fingerprint density at radius 1 is 1.21 bits per heavy atom. The lowest BCUT2D eigenvalue weighted by Gasteiger charge is -2.44. The largest absolute Gasteiger partial charge is 0.385 e. The van der Waals surface area contributed by atoms with Gasteiger partial charge in [-0.2, -0.15) is 10.2 Å². The molecule has 0 unspecified atom stereocenters. The number of aromatic amines is 1. The number of H-pyrrole nitrogens is 1. The van der Waals surface area contributed by atoms with Gasteiger partial charge in [0.25, 0.3) is 0 Å². The molecule has 8 nitrogen and oxygen atoms in total. The van der Waals surface area contributed by atoms with Crippen molar-refractivity contribution >= 4 is 11.0 Å². The van der Waals surface area contributed by atoms with Crippen molar-refractivity contribution in [1.29, 1.82) is 0 Å². The molecule has 8 heteroatoms. The molecule has 0 spiro atoms. The number of nitrogens with one attached hydrogen (secondary N) is 1. The fraction of sp³-hybridized carbons (Fsp3) is 0.300. The zero-order valence-electron chi connectivity index (χ0n) is 15.4. The molecule has 0 saturated heterocycles. The van der Waals surface area contributed by atoms with E-state index in [0.29, 0.717) is 5.82 Å². The van der Waals surface area contributed by atoms with Crippen LogP contribution in [0.1, 0.15) is 30.9 Å². The van der Waals surface area contributed by atoms with Crippen LogP contribution < -0.4 is 0 Å². The molecule has 0 amide bonds. The first-order valence-electron chi connectivity index (χ1n) is 9.23. The predicted octanol–water partition coefficient (Wildman–Crippen LogP) is 2.81. The van der Waals surface area contributed by atoms with E-state index in [1.807, 2.05) is 30.3 Å². The van der Waals surface area contributed by atoms with Crippen molar-refractivity contribution in [1.82, 2.24) is 29.9 Å². The van der Waals surface area contributed by atoms with E-state index in [-0.39, 0.29) is 0 Å². The minimum absolute atomic E-state index is 0.489. The van der Waals surface area contributed by atoms with Crippen LogP contribution in [0.2, 0.25) is 0 Å². The van der Waals surface area contributed by atoms with Crippen molar-refractivity contribution < 1.29 is 9.84 Å². The summed E-state index contributed by atoms with van der Waals surface area (Å²) in [6.45, 7) is 0. The van der Waals surface area contributed by atoms with Gasteiger partial charge < -0.3 is 9.84 Å². The van der Waals surface area contributed by atoms with E-state index < -0.39 is 11.7 Å². The van der Waals surface area contributed by atoms with Crippen LogP contribution in [-0.2, 0) is 4.74 Å². The molecule has 1 aliphatic rings. The lowest BCUT2D eigenvalue weighted by molar-refractivity contribution is -0.151. The SMILES string of the molecule is COC1([C@@H](O)c2cnc3c(cnn3-c3cccc(-c4ncn[nH]4)c3)c2)CCC1. The van der Waals surface area contributed by atoms with Gasteiger partial charge in [0.15, 0.2) is 11.5 Å². The molecular weight excluding hydrogens is 356 g/mol. The van der Waals surface area contributed by atoms with Gasteiger partial charge in [0.1, 0.15) is 12.4 Å². The average Bonchev–Trinajstić information content (AvgIpc) is 3.37. The maximum Gasteiger partial charge on any atom is 0.162 e. The maximum atomic E-state index is 10.8. The maximum absolute atomic E-state index is 10.8. The molecule has 1 saturated carbocycles. The molecule has 3 aromatic heterocycles. The van der Waals surface area contributed by atoms with E-state index in [1.54, 1.807) is 24.2 Å². The van der Waals surface area contributed by atoms with E-state index >= 15 is 0 Å². The van der Waals surface area contributed by atoms with Crippen molar-refractivity contribution in [2.24, 2.45) is 0 Å².